The zero-order valence-corrected chi connectivity index (χ0v) is 17.4. The van der Waals surface area contributed by atoms with E-state index in [1.165, 1.54) is 24.3 Å². The number of nitrogens with zero attached hydrogens (tertiary/aromatic N) is 1. The van der Waals surface area contributed by atoms with E-state index in [0.717, 1.165) is 0 Å². The largest absolute Gasteiger partial charge is 0.508 e. The van der Waals surface area contributed by atoms with Gasteiger partial charge in [-0.25, -0.2) is 9.18 Å². The lowest BCUT2D eigenvalue weighted by molar-refractivity contribution is 0.162. The Morgan fingerprint density at radius 1 is 1.00 bits per heavy atom. The van der Waals surface area contributed by atoms with Crippen molar-refractivity contribution in [3.8, 4) is 11.5 Å². The molecular formula is C25H25FN2O4. The van der Waals surface area contributed by atoms with Crippen molar-refractivity contribution < 1.29 is 24.5 Å². The van der Waals surface area contributed by atoms with Gasteiger partial charge in [0, 0.05) is 17.3 Å². The molecule has 0 aromatic heterocycles. The Morgan fingerprint density at radius 2 is 1.72 bits per heavy atom. The molecule has 6 nitrogen and oxygen atoms in total. The Morgan fingerprint density at radius 3 is 2.41 bits per heavy atom. The molecule has 2 amide bonds. The number of hydrogen-bond acceptors (Lipinski definition) is 4. The number of halogens is 1. The van der Waals surface area contributed by atoms with Crippen LogP contribution in [0.2, 0.25) is 0 Å². The topological polar surface area (TPSA) is 93.0 Å². The summed E-state index contributed by atoms with van der Waals surface area (Å²) in [6.07, 6.45) is 0.857. The van der Waals surface area contributed by atoms with Gasteiger partial charge in [0.05, 0.1) is 18.2 Å². The summed E-state index contributed by atoms with van der Waals surface area (Å²) in [6.45, 7) is 0. The van der Waals surface area contributed by atoms with Gasteiger partial charge in [0.25, 0.3) is 0 Å². The fourth-order valence-electron chi connectivity index (χ4n) is 4.23. The number of rotatable bonds is 7. The average Bonchev–Trinajstić information content (AvgIpc) is 3.10. The van der Waals surface area contributed by atoms with Crippen LogP contribution in [0.15, 0.2) is 72.8 Å². The third-order valence-corrected chi connectivity index (χ3v) is 5.80. The first kappa shape index (κ1) is 21.6. The number of urea groups is 1. The summed E-state index contributed by atoms with van der Waals surface area (Å²) in [4.78, 5) is 14.5. The van der Waals surface area contributed by atoms with Crippen LogP contribution in [-0.2, 0) is 0 Å². The monoisotopic (exact) mass is 436 g/mol. The van der Waals surface area contributed by atoms with Crippen LogP contribution in [0.3, 0.4) is 0 Å². The van der Waals surface area contributed by atoms with Crippen LogP contribution < -0.4 is 10.2 Å². The predicted octanol–water partition coefficient (Wildman–Crippen LogP) is 4.78. The molecule has 0 spiro atoms. The number of aromatic hydroxyl groups is 2. The van der Waals surface area contributed by atoms with Crippen molar-refractivity contribution in [1.82, 2.24) is 5.32 Å². The molecule has 1 heterocycles. The molecule has 0 bridgehead atoms. The van der Waals surface area contributed by atoms with Gasteiger partial charge in [0.2, 0.25) is 0 Å². The van der Waals surface area contributed by atoms with Gasteiger partial charge in [-0.05, 0) is 61.2 Å². The van der Waals surface area contributed by atoms with Crippen molar-refractivity contribution in [2.75, 3.05) is 4.90 Å². The van der Waals surface area contributed by atoms with Crippen molar-refractivity contribution >= 4 is 11.7 Å². The normalized spacial score (nSPS) is 19.1. The molecule has 3 aromatic carbocycles. The lowest BCUT2D eigenvalue weighted by Crippen LogP contribution is -2.29. The van der Waals surface area contributed by atoms with E-state index in [1.807, 2.05) is 30.3 Å². The van der Waals surface area contributed by atoms with Crippen LogP contribution in [0.4, 0.5) is 14.9 Å². The van der Waals surface area contributed by atoms with Crippen LogP contribution in [-0.4, -0.2) is 27.4 Å². The number of carbonyl (C=O) groups is 1. The highest BCUT2D eigenvalue weighted by Gasteiger charge is 2.42. The minimum Gasteiger partial charge on any atom is -0.508 e. The number of aliphatic hydroxyl groups is 1. The third-order valence-electron chi connectivity index (χ3n) is 5.80. The first-order chi connectivity index (χ1) is 15.4. The van der Waals surface area contributed by atoms with Crippen LogP contribution >= 0.6 is 0 Å². The van der Waals surface area contributed by atoms with Crippen molar-refractivity contribution in [2.24, 2.45) is 0 Å². The number of nitrogens with one attached hydrogen (secondary N) is 1. The molecule has 0 radical (unpaired) electrons. The van der Waals surface area contributed by atoms with Crippen molar-refractivity contribution in [2.45, 2.75) is 37.5 Å². The summed E-state index contributed by atoms with van der Waals surface area (Å²) in [6, 6.07) is 18.2. The number of aliphatic hydroxyl groups excluding tert-OH is 1. The fraction of sp³-hybridized carbons (Fsp3) is 0.240. The predicted molar refractivity (Wildman–Crippen MR) is 119 cm³/mol. The standard InChI is InChI=1S/C25H25FN2O4/c26-17-11-9-16(10-12-17)22(30)8-4-7-21-24(20-14-13-19(29)15-23(20)31)28(25(32)27-21)18-5-2-1-3-6-18/h1-3,5-6,9-15,21-22,24,29-31H,4,7-8H2,(H,27,32)/t21-,22?,24-/m1/s1. The van der Waals surface area contributed by atoms with Gasteiger partial charge < -0.3 is 20.6 Å². The summed E-state index contributed by atoms with van der Waals surface area (Å²) >= 11 is 0. The van der Waals surface area contributed by atoms with E-state index in [9.17, 15) is 24.5 Å². The fourth-order valence-corrected chi connectivity index (χ4v) is 4.23. The van der Waals surface area contributed by atoms with Crippen LogP contribution in [0.1, 0.15) is 42.5 Å². The molecular weight excluding hydrogens is 411 g/mol. The number of carbonyl (C=O) groups excluding carboxylic acids is 1. The minimum atomic E-state index is -0.738. The first-order valence-corrected chi connectivity index (χ1v) is 10.5. The molecule has 1 saturated heterocycles. The van der Waals surface area contributed by atoms with Gasteiger partial charge in [-0.15, -0.1) is 0 Å². The second-order valence-electron chi connectivity index (χ2n) is 7.95. The lowest BCUT2D eigenvalue weighted by atomic mass is 9.93. The molecule has 0 aliphatic carbocycles. The Labute approximate surface area is 185 Å². The maximum atomic E-state index is 13.1. The molecule has 0 saturated carbocycles. The number of phenols is 2. The summed E-state index contributed by atoms with van der Waals surface area (Å²) in [7, 11) is 0. The van der Waals surface area contributed by atoms with Gasteiger partial charge >= 0.3 is 6.03 Å². The van der Waals surface area contributed by atoms with E-state index >= 15 is 0 Å². The maximum Gasteiger partial charge on any atom is 0.322 e. The van der Waals surface area contributed by atoms with E-state index in [2.05, 4.69) is 5.32 Å². The lowest BCUT2D eigenvalue weighted by Gasteiger charge is -2.28. The van der Waals surface area contributed by atoms with E-state index in [-0.39, 0.29) is 29.4 Å². The van der Waals surface area contributed by atoms with Crippen molar-refractivity contribution in [1.29, 1.82) is 0 Å². The number of phenolic OH excluding ortho intramolecular Hbond substituents is 2. The molecule has 1 fully saturated rings. The highest BCUT2D eigenvalue weighted by atomic mass is 19.1. The summed E-state index contributed by atoms with van der Waals surface area (Å²) < 4.78 is 13.1. The van der Waals surface area contributed by atoms with Crippen LogP contribution in [0.25, 0.3) is 0 Å². The van der Waals surface area contributed by atoms with Gasteiger partial charge in [0.15, 0.2) is 0 Å². The number of amides is 2. The molecule has 7 heteroatoms. The molecule has 32 heavy (non-hydrogen) atoms. The Hall–Kier alpha value is -3.58. The smallest absolute Gasteiger partial charge is 0.322 e. The SMILES string of the molecule is O=C1N[C@H](CCCC(O)c2ccc(F)cc2)[C@@H](c2ccc(O)cc2O)N1c1ccccc1. The minimum absolute atomic E-state index is 0.0613. The Bertz CT molecular complexity index is 1080. The molecule has 1 aliphatic rings. The number of hydrogen-bond donors (Lipinski definition) is 4. The van der Waals surface area contributed by atoms with Gasteiger partial charge in [0.1, 0.15) is 17.3 Å². The Kier molecular flexibility index (Phi) is 6.28. The number of anilines is 1. The van der Waals surface area contributed by atoms with Crippen molar-refractivity contribution in [3.63, 3.8) is 0 Å². The molecule has 4 N–H and O–H groups in total. The van der Waals surface area contributed by atoms with Gasteiger partial charge in [-0.1, -0.05) is 30.3 Å². The molecule has 1 unspecified atom stereocenters. The van der Waals surface area contributed by atoms with Gasteiger partial charge in [-0.2, -0.15) is 0 Å². The van der Waals surface area contributed by atoms with E-state index in [1.54, 1.807) is 23.1 Å². The number of para-hydroxylation sites is 1. The molecule has 4 rings (SSSR count). The van der Waals surface area contributed by atoms with Crippen LogP contribution in [0.5, 0.6) is 11.5 Å². The quantitative estimate of drug-likeness (QED) is 0.429. The molecule has 3 aromatic rings. The molecule has 166 valence electrons. The highest BCUT2D eigenvalue weighted by molar-refractivity contribution is 5.96. The number of benzene rings is 3. The average molecular weight is 436 g/mol. The van der Waals surface area contributed by atoms with Gasteiger partial charge in [-0.3, -0.25) is 4.90 Å². The van der Waals surface area contributed by atoms with E-state index in [0.29, 0.717) is 36.1 Å². The van der Waals surface area contributed by atoms with E-state index in [4.69, 9.17) is 0 Å². The summed E-state index contributed by atoms with van der Waals surface area (Å²) in [5.41, 5.74) is 1.85. The maximum absolute atomic E-state index is 13.1. The highest BCUT2D eigenvalue weighted by Crippen LogP contribution is 2.40. The van der Waals surface area contributed by atoms with Crippen LogP contribution in [0, 0.1) is 5.82 Å². The summed E-state index contributed by atoms with van der Waals surface area (Å²) in [5, 5.41) is 33.6. The van der Waals surface area contributed by atoms with E-state index < -0.39 is 12.1 Å². The summed E-state index contributed by atoms with van der Waals surface area (Å²) in [5.74, 6) is -0.510. The first-order valence-electron chi connectivity index (χ1n) is 10.5. The third kappa shape index (κ3) is 4.53. The second-order valence-corrected chi connectivity index (χ2v) is 7.95. The molecule has 1 aliphatic heterocycles. The second kappa shape index (κ2) is 9.28. The zero-order chi connectivity index (χ0) is 22.7. The Balaban J connectivity index is 1.54. The van der Waals surface area contributed by atoms with Crippen molar-refractivity contribution in [3.05, 3.63) is 89.7 Å². The molecule has 3 atom stereocenters. The zero-order valence-electron chi connectivity index (χ0n) is 17.4.